The number of ether oxygens (including phenoxy) is 2. The van der Waals surface area contributed by atoms with Crippen molar-refractivity contribution >= 4 is 29.3 Å². The van der Waals surface area contributed by atoms with Crippen LogP contribution in [-0.2, 0) is 9.53 Å². The smallest absolute Gasteiger partial charge is 0.344 e. The quantitative estimate of drug-likeness (QED) is 0.652. The summed E-state index contributed by atoms with van der Waals surface area (Å²) in [6.07, 6.45) is 2.89. The van der Waals surface area contributed by atoms with E-state index in [9.17, 15) is 9.59 Å². The molecule has 0 unspecified atom stereocenters. The zero-order chi connectivity index (χ0) is 19.1. The van der Waals surface area contributed by atoms with E-state index in [2.05, 4.69) is 15.3 Å². The van der Waals surface area contributed by atoms with Crippen molar-refractivity contribution in [1.82, 2.24) is 9.97 Å². The molecule has 8 heteroatoms. The highest BCUT2D eigenvalue weighted by Gasteiger charge is 2.17. The Balaban J connectivity index is 1.61. The van der Waals surface area contributed by atoms with Crippen molar-refractivity contribution in [3.05, 3.63) is 77.6 Å². The molecular weight excluding hydrogens is 370 g/mol. The number of esters is 1. The van der Waals surface area contributed by atoms with Crippen molar-refractivity contribution in [3.8, 4) is 11.6 Å². The Morgan fingerprint density at radius 1 is 1.00 bits per heavy atom. The van der Waals surface area contributed by atoms with Crippen LogP contribution in [0.5, 0.6) is 11.6 Å². The van der Waals surface area contributed by atoms with E-state index < -0.39 is 18.5 Å². The Kier molecular flexibility index (Phi) is 5.96. The van der Waals surface area contributed by atoms with Gasteiger partial charge in [0, 0.05) is 12.4 Å². The Labute approximate surface area is 159 Å². The second-order valence-corrected chi connectivity index (χ2v) is 5.69. The van der Waals surface area contributed by atoms with Gasteiger partial charge in [0.05, 0.1) is 5.02 Å². The molecule has 3 rings (SSSR count). The summed E-state index contributed by atoms with van der Waals surface area (Å²) in [6.45, 7) is -0.483. The van der Waals surface area contributed by atoms with Crippen molar-refractivity contribution < 1.29 is 19.1 Å². The average Bonchev–Trinajstić information content (AvgIpc) is 2.69. The molecule has 1 N–H and O–H groups in total. The monoisotopic (exact) mass is 383 g/mol. The minimum Gasteiger partial charge on any atom is -0.452 e. The molecule has 2 heterocycles. The number of amides is 1. The van der Waals surface area contributed by atoms with Crippen LogP contribution in [0, 0.1) is 0 Å². The van der Waals surface area contributed by atoms with E-state index in [0.717, 1.165) is 0 Å². The number of nitrogens with zero attached hydrogens (tertiary/aromatic N) is 2. The van der Waals surface area contributed by atoms with Crippen LogP contribution in [0.2, 0.25) is 5.02 Å². The normalized spacial score (nSPS) is 10.1. The van der Waals surface area contributed by atoms with E-state index in [0.29, 0.717) is 16.6 Å². The third-order valence-corrected chi connectivity index (χ3v) is 3.50. The molecule has 0 bridgehead atoms. The van der Waals surface area contributed by atoms with Gasteiger partial charge in [-0.05, 0) is 36.4 Å². The van der Waals surface area contributed by atoms with Gasteiger partial charge in [-0.1, -0.05) is 29.8 Å². The van der Waals surface area contributed by atoms with Crippen LogP contribution in [0.25, 0.3) is 0 Å². The van der Waals surface area contributed by atoms with Gasteiger partial charge in [-0.3, -0.25) is 4.79 Å². The van der Waals surface area contributed by atoms with E-state index in [4.69, 9.17) is 21.1 Å². The first-order valence-electron chi connectivity index (χ1n) is 7.88. The molecule has 7 nitrogen and oxygen atoms in total. The lowest BCUT2D eigenvalue weighted by Gasteiger charge is -2.10. The maximum Gasteiger partial charge on any atom is 0.344 e. The van der Waals surface area contributed by atoms with Crippen LogP contribution in [0.1, 0.15) is 10.4 Å². The second kappa shape index (κ2) is 8.77. The molecule has 0 aliphatic rings. The second-order valence-electron chi connectivity index (χ2n) is 5.26. The fourth-order valence-corrected chi connectivity index (χ4v) is 2.18. The van der Waals surface area contributed by atoms with E-state index in [1.54, 1.807) is 36.4 Å². The molecule has 3 aromatic rings. The summed E-state index contributed by atoms with van der Waals surface area (Å²) in [7, 11) is 0. The van der Waals surface area contributed by atoms with Crippen molar-refractivity contribution in [2.45, 2.75) is 0 Å². The van der Waals surface area contributed by atoms with Crippen LogP contribution in [0.3, 0.4) is 0 Å². The first-order chi connectivity index (χ1) is 13.1. The van der Waals surface area contributed by atoms with Gasteiger partial charge in [0.1, 0.15) is 17.1 Å². The van der Waals surface area contributed by atoms with Gasteiger partial charge < -0.3 is 14.8 Å². The fourth-order valence-electron chi connectivity index (χ4n) is 2.07. The van der Waals surface area contributed by atoms with Gasteiger partial charge in [-0.2, -0.15) is 0 Å². The summed E-state index contributed by atoms with van der Waals surface area (Å²) >= 11 is 5.73. The Bertz CT molecular complexity index is 933. The number of pyridine rings is 2. The lowest BCUT2D eigenvalue weighted by molar-refractivity contribution is -0.119. The molecule has 136 valence electrons. The highest BCUT2D eigenvalue weighted by molar-refractivity contribution is 6.30. The maximum absolute atomic E-state index is 12.3. The van der Waals surface area contributed by atoms with Gasteiger partial charge >= 0.3 is 5.97 Å². The number of halogens is 1. The zero-order valence-corrected chi connectivity index (χ0v) is 14.7. The predicted molar refractivity (Wildman–Crippen MR) is 98.9 cm³/mol. The van der Waals surface area contributed by atoms with Gasteiger partial charge in [-0.25, -0.2) is 14.8 Å². The zero-order valence-electron chi connectivity index (χ0n) is 14.0. The molecule has 0 saturated heterocycles. The highest BCUT2D eigenvalue weighted by Crippen LogP contribution is 2.23. The molecule has 1 amide bonds. The molecule has 0 spiro atoms. The number of anilines is 1. The number of aromatic nitrogens is 2. The van der Waals surface area contributed by atoms with Gasteiger partial charge in [0.2, 0.25) is 5.88 Å². The number of carbonyl (C=O) groups excluding carboxylic acids is 2. The number of benzene rings is 1. The summed E-state index contributed by atoms with van der Waals surface area (Å²) in [5.74, 6) is -0.346. The van der Waals surface area contributed by atoms with Crippen LogP contribution in [0.4, 0.5) is 5.82 Å². The Hall–Kier alpha value is -3.45. The fraction of sp³-hybridized carbons (Fsp3) is 0.0526. The molecule has 0 fully saturated rings. The molecule has 27 heavy (non-hydrogen) atoms. The summed E-state index contributed by atoms with van der Waals surface area (Å²) < 4.78 is 10.6. The highest BCUT2D eigenvalue weighted by atomic mass is 35.5. The summed E-state index contributed by atoms with van der Waals surface area (Å²) in [4.78, 5) is 32.2. The van der Waals surface area contributed by atoms with Gasteiger partial charge in [0.25, 0.3) is 5.91 Å². The predicted octanol–water partition coefficient (Wildman–Crippen LogP) is 3.72. The molecule has 0 aliphatic carbocycles. The third-order valence-electron chi connectivity index (χ3n) is 3.28. The SMILES string of the molecule is O=C(COC(=O)c1cccnc1Oc1ccccc1)Nc1ccc(Cl)cn1. The largest absolute Gasteiger partial charge is 0.452 e. The van der Waals surface area contributed by atoms with Gasteiger partial charge in [0.15, 0.2) is 6.61 Å². The van der Waals surface area contributed by atoms with Crippen LogP contribution < -0.4 is 10.1 Å². The van der Waals surface area contributed by atoms with Crippen LogP contribution in [-0.4, -0.2) is 28.5 Å². The molecule has 0 saturated carbocycles. The maximum atomic E-state index is 12.3. The lowest BCUT2D eigenvalue weighted by Crippen LogP contribution is -2.21. The molecule has 1 aromatic carbocycles. The number of hydrogen-bond acceptors (Lipinski definition) is 6. The van der Waals surface area contributed by atoms with Gasteiger partial charge in [-0.15, -0.1) is 0 Å². The Morgan fingerprint density at radius 3 is 2.56 bits per heavy atom. The number of hydrogen-bond donors (Lipinski definition) is 1. The number of rotatable bonds is 6. The molecule has 0 atom stereocenters. The standard InChI is InChI=1S/C19H14ClN3O4/c20-13-8-9-16(22-11-13)23-17(24)12-26-19(25)15-7-4-10-21-18(15)27-14-5-2-1-3-6-14/h1-11H,12H2,(H,22,23,24). The van der Waals surface area contributed by atoms with E-state index in [-0.39, 0.29) is 11.4 Å². The summed E-state index contributed by atoms with van der Waals surface area (Å²) in [6, 6.07) is 15.1. The summed E-state index contributed by atoms with van der Waals surface area (Å²) in [5.41, 5.74) is 0.110. The lowest BCUT2D eigenvalue weighted by atomic mass is 10.2. The first-order valence-corrected chi connectivity index (χ1v) is 8.26. The number of nitrogens with one attached hydrogen (secondary N) is 1. The number of carbonyl (C=O) groups is 2. The molecular formula is C19H14ClN3O4. The Morgan fingerprint density at radius 2 is 1.81 bits per heavy atom. The average molecular weight is 384 g/mol. The topological polar surface area (TPSA) is 90.4 Å². The van der Waals surface area contributed by atoms with E-state index in [1.807, 2.05) is 6.07 Å². The van der Waals surface area contributed by atoms with Crippen molar-refractivity contribution in [1.29, 1.82) is 0 Å². The minimum atomic E-state index is -0.728. The minimum absolute atomic E-state index is 0.0912. The van der Waals surface area contributed by atoms with E-state index in [1.165, 1.54) is 24.5 Å². The van der Waals surface area contributed by atoms with Crippen molar-refractivity contribution in [3.63, 3.8) is 0 Å². The third kappa shape index (κ3) is 5.26. The van der Waals surface area contributed by atoms with Crippen molar-refractivity contribution in [2.24, 2.45) is 0 Å². The van der Waals surface area contributed by atoms with Crippen molar-refractivity contribution in [2.75, 3.05) is 11.9 Å². The molecule has 0 aliphatic heterocycles. The molecule has 0 radical (unpaired) electrons. The van der Waals surface area contributed by atoms with Crippen LogP contribution >= 0.6 is 11.6 Å². The number of para-hydroxylation sites is 1. The van der Waals surface area contributed by atoms with Crippen LogP contribution in [0.15, 0.2) is 67.0 Å². The molecule has 2 aromatic heterocycles. The first kappa shape index (κ1) is 18.3. The summed E-state index contributed by atoms with van der Waals surface area (Å²) in [5, 5.41) is 2.94. The van der Waals surface area contributed by atoms with E-state index >= 15 is 0 Å².